The van der Waals surface area contributed by atoms with Crippen molar-refractivity contribution in [2.45, 2.75) is 6.92 Å². The second-order valence-corrected chi connectivity index (χ2v) is 5.27. The maximum atomic E-state index is 12.3. The summed E-state index contributed by atoms with van der Waals surface area (Å²) in [6.45, 7) is 2.74. The van der Waals surface area contributed by atoms with Crippen molar-refractivity contribution >= 4 is 28.9 Å². The highest BCUT2D eigenvalue weighted by atomic mass is 35.5. The smallest absolute Gasteiger partial charge is 0.248 e. The molecule has 0 unspecified atom stereocenters. The summed E-state index contributed by atoms with van der Waals surface area (Å²) in [5.74, 6) is 0.00648. The van der Waals surface area contributed by atoms with Crippen LogP contribution >= 0.6 is 11.6 Å². The standard InChI is InChI=1S/C17H15ClN2O/c1-2-20-15-9-8-13(18)10-14(15)17(19-11-16(20)21)12-6-4-3-5-7-12/h3-10H,2,11H2,1H3. The second kappa shape index (κ2) is 5.70. The van der Waals surface area contributed by atoms with Crippen LogP contribution in [0.15, 0.2) is 53.5 Å². The molecule has 0 atom stereocenters. The van der Waals surface area contributed by atoms with Gasteiger partial charge in [-0.05, 0) is 25.1 Å². The zero-order valence-corrected chi connectivity index (χ0v) is 12.5. The van der Waals surface area contributed by atoms with E-state index in [0.717, 1.165) is 22.5 Å². The Labute approximate surface area is 128 Å². The number of fused-ring (bicyclic) bond motifs is 1. The van der Waals surface area contributed by atoms with Crippen molar-refractivity contribution < 1.29 is 4.79 Å². The first-order chi connectivity index (χ1) is 10.2. The Morgan fingerprint density at radius 2 is 1.95 bits per heavy atom. The molecular formula is C17H15ClN2O. The van der Waals surface area contributed by atoms with Gasteiger partial charge in [-0.2, -0.15) is 0 Å². The summed E-state index contributed by atoms with van der Waals surface area (Å²) in [5.41, 5.74) is 3.58. The van der Waals surface area contributed by atoms with Gasteiger partial charge in [-0.15, -0.1) is 0 Å². The normalized spacial score (nSPS) is 14.5. The summed E-state index contributed by atoms with van der Waals surface area (Å²) in [7, 11) is 0. The molecule has 0 N–H and O–H groups in total. The minimum absolute atomic E-state index is 0.00648. The fourth-order valence-electron chi connectivity index (χ4n) is 2.57. The van der Waals surface area contributed by atoms with Crippen LogP contribution in [0.25, 0.3) is 0 Å². The summed E-state index contributed by atoms with van der Waals surface area (Å²) in [6, 6.07) is 15.5. The first kappa shape index (κ1) is 13.8. The van der Waals surface area contributed by atoms with Crippen molar-refractivity contribution in [2.75, 3.05) is 18.0 Å². The number of carbonyl (C=O) groups excluding carboxylic acids is 1. The van der Waals surface area contributed by atoms with Gasteiger partial charge >= 0.3 is 0 Å². The zero-order valence-electron chi connectivity index (χ0n) is 11.7. The summed E-state index contributed by atoms with van der Waals surface area (Å²) < 4.78 is 0. The van der Waals surface area contributed by atoms with Crippen LogP contribution < -0.4 is 4.90 Å². The minimum atomic E-state index is 0.00648. The van der Waals surface area contributed by atoms with E-state index >= 15 is 0 Å². The van der Waals surface area contributed by atoms with Crippen molar-refractivity contribution in [3.8, 4) is 0 Å². The Bertz CT molecular complexity index is 710. The van der Waals surface area contributed by atoms with Crippen molar-refractivity contribution in [3.63, 3.8) is 0 Å². The number of hydrogen-bond acceptors (Lipinski definition) is 2. The third-order valence-electron chi connectivity index (χ3n) is 3.54. The predicted octanol–water partition coefficient (Wildman–Crippen LogP) is 3.54. The van der Waals surface area contributed by atoms with Gasteiger partial charge in [0, 0.05) is 22.7 Å². The number of hydrogen-bond donors (Lipinski definition) is 0. The third kappa shape index (κ3) is 2.57. The van der Waals surface area contributed by atoms with Gasteiger partial charge in [0.05, 0.1) is 11.4 Å². The molecule has 1 heterocycles. The van der Waals surface area contributed by atoms with Gasteiger partial charge in [0.1, 0.15) is 6.54 Å². The lowest BCUT2D eigenvalue weighted by Gasteiger charge is -2.21. The molecule has 0 fully saturated rings. The SMILES string of the molecule is CCN1C(=O)CN=C(c2ccccc2)c2cc(Cl)ccc21. The number of benzene rings is 2. The van der Waals surface area contributed by atoms with Crippen LogP contribution in [0.5, 0.6) is 0 Å². The van der Waals surface area contributed by atoms with Gasteiger partial charge in [0.25, 0.3) is 0 Å². The van der Waals surface area contributed by atoms with Crippen LogP contribution in [0.2, 0.25) is 5.02 Å². The topological polar surface area (TPSA) is 32.7 Å². The monoisotopic (exact) mass is 298 g/mol. The van der Waals surface area contributed by atoms with Crippen molar-refractivity contribution in [2.24, 2.45) is 4.99 Å². The summed E-state index contributed by atoms with van der Waals surface area (Å²) >= 11 is 6.15. The molecule has 1 amide bonds. The van der Waals surface area contributed by atoms with Crippen molar-refractivity contribution in [1.82, 2.24) is 0 Å². The van der Waals surface area contributed by atoms with Crippen LogP contribution in [0.1, 0.15) is 18.1 Å². The Balaban J connectivity index is 2.22. The van der Waals surface area contributed by atoms with Crippen LogP contribution in [0, 0.1) is 0 Å². The summed E-state index contributed by atoms with van der Waals surface area (Å²) in [5, 5.41) is 0.641. The van der Waals surface area contributed by atoms with Crippen molar-refractivity contribution in [3.05, 3.63) is 64.7 Å². The van der Waals surface area contributed by atoms with E-state index in [1.165, 1.54) is 0 Å². The third-order valence-corrected chi connectivity index (χ3v) is 3.78. The van der Waals surface area contributed by atoms with Gasteiger partial charge in [-0.1, -0.05) is 41.9 Å². The number of anilines is 1. The van der Waals surface area contributed by atoms with E-state index in [4.69, 9.17) is 11.6 Å². The van der Waals surface area contributed by atoms with Crippen LogP contribution in [0.3, 0.4) is 0 Å². The van der Waals surface area contributed by atoms with Crippen LogP contribution in [-0.2, 0) is 4.79 Å². The first-order valence-electron chi connectivity index (χ1n) is 6.91. The predicted molar refractivity (Wildman–Crippen MR) is 86.4 cm³/mol. The number of rotatable bonds is 2. The fraction of sp³-hybridized carbons (Fsp3) is 0.176. The summed E-state index contributed by atoms with van der Waals surface area (Å²) in [6.07, 6.45) is 0. The molecule has 0 saturated heterocycles. The zero-order chi connectivity index (χ0) is 14.8. The molecule has 0 aromatic heterocycles. The average Bonchev–Trinajstić information content (AvgIpc) is 2.64. The molecule has 1 aliphatic heterocycles. The lowest BCUT2D eigenvalue weighted by atomic mass is 10.0. The number of amides is 1. The first-order valence-corrected chi connectivity index (χ1v) is 7.28. The summed E-state index contributed by atoms with van der Waals surface area (Å²) in [4.78, 5) is 18.5. The Kier molecular flexibility index (Phi) is 3.76. The second-order valence-electron chi connectivity index (χ2n) is 4.83. The molecule has 2 aromatic rings. The highest BCUT2D eigenvalue weighted by Gasteiger charge is 2.24. The Morgan fingerprint density at radius 1 is 1.19 bits per heavy atom. The lowest BCUT2D eigenvalue weighted by molar-refractivity contribution is -0.117. The van der Waals surface area contributed by atoms with E-state index in [0.29, 0.717) is 11.6 Å². The highest BCUT2D eigenvalue weighted by Crippen LogP contribution is 2.29. The molecule has 0 radical (unpaired) electrons. The minimum Gasteiger partial charge on any atom is -0.310 e. The molecule has 3 rings (SSSR count). The van der Waals surface area contributed by atoms with Crippen molar-refractivity contribution in [1.29, 1.82) is 0 Å². The number of likely N-dealkylation sites (N-methyl/N-ethyl adjacent to an activating group) is 1. The van der Waals surface area contributed by atoms with E-state index in [1.807, 2.05) is 55.5 Å². The fourth-order valence-corrected chi connectivity index (χ4v) is 2.75. The van der Waals surface area contributed by atoms with E-state index in [1.54, 1.807) is 4.90 Å². The maximum absolute atomic E-state index is 12.3. The molecular weight excluding hydrogens is 284 g/mol. The number of nitrogens with zero attached hydrogens (tertiary/aromatic N) is 2. The quantitative estimate of drug-likeness (QED) is 0.834. The maximum Gasteiger partial charge on any atom is 0.248 e. The van der Waals surface area contributed by atoms with Gasteiger partial charge in [-0.25, -0.2) is 0 Å². The molecule has 0 bridgehead atoms. The number of aliphatic imine (C=N–C) groups is 1. The Morgan fingerprint density at radius 3 is 2.67 bits per heavy atom. The number of halogens is 1. The largest absolute Gasteiger partial charge is 0.310 e. The van der Waals surface area contributed by atoms with E-state index in [2.05, 4.69) is 4.99 Å². The van der Waals surface area contributed by atoms with Gasteiger partial charge < -0.3 is 4.90 Å². The van der Waals surface area contributed by atoms with Gasteiger partial charge in [-0.3, -0.25) is 9.79 Å². The molecule has 0 spiro atoms. The molecule has 4 heteroatoms. The van der Waals surface area contributed by atoms with Gasteiger partial charge in [0.2, 0.25) is 5.91 Å². The highest BCUT2D eigenvalue weighted by molar-refractivity contribution is 6.32. The van der Waals surface area contributed by atoms with Crippen LogP contribution in [-0.4, -0.2) is 24.7 Å². The molecule has 1 aliphatic rings. The number of carbonyl (C=O) groups is 1. The molecule has 2 aromatic carbocycles. The lowest BCUT2D eigenvalue weighted by Crippen LogP contribution is -2.32. The average molecular weight is 299 g/mol. The molecule has 3 nitrogen and oxygen atoms in total. The molecule has 0 aliphatic carbocycles. The Hall–Kier alpha value is -2.13. The van der Waals surface area contributed by atoms with Crippen LogP contribution in [0.4, 0.5) is 5.69 Å². The van der Waals surface area contributed by atoms with Gasteiger partial charge in [0.15, 0.2) is 0 Å². The van der Waals surface area contributed by atoms with E-state index < -0.39 is 0 Å². The molecule has 21 heavy (non-hydrogen) atoms. The van der Waals surface area contributed by atoms with E-state index in [9.17, 15) is 4.79 Å². The molecule has 106 valence electrons. The number of benzodiazepines with no additional fused rings is 1. The van der Waals surface area contributed by atoms with E-state index in [-0.39, 0.29) is 12.5 Å². The molecule has 0 saturated carbocycles.